The number of aliphatic hydroxyl groups excluding tert-OH is 1. The molecule has 0 saturated carbocycles. The number of hydrogen-bond acceptors (Lipinski definition) is 3. The van der Waals surface area contributed by atoms with E-state index in [1.54, 1.807) is 6.92 Å². The Morgan fingerprint density at radius 2 is 2.20 bits per heavy atom. The monoisotopic (exact) mass is 154 g/mol. The molecule has 0 rings (SSSR count). The van der Waals surface area contributed by atoms with Gasteiger partial charge in [-0.25, -0.2) is 4.79 Å². The normalized spacial score (nSPS) is 10.0. The van der Waals surface area contributed by atoms with Crippen molar-refractivity contribution in [2.45, 2.75) is 13.8 Å². The molecule has 10 heavy (non-hydrogen) atoms. The van der Waals surface area contributed by atoms with Crippen molar-refractivity contribution in [1.82, 2.24) is 0 Å². The minimum absolute atomic E-state index is 0. The van der Waals surface area contributed by atoms with Crippen LogP contribution in [-0.2, 0) is 9.53 Å². The molecule has 0 aliphatic heterocycles. The van der Waals surface area contributed by atoms with Crippen molar-refractivity contribution in [3.05, 3.63) is 11.8 Å². The number of hydrogen-bond donors (Lipinski definition) is 1. The van der Waals surface area contributed by atoms with Gasteiger partial charge in [-0.3, -0.25) is 0 Å². The number of aliphatic hydroxyl groups is 1. The summed E-state index contributed by atoms with van der Waals surface area (Å²) in [5.41, 5.74) is 0.219. The molecule has 0 fully saturated rings. The second-order valence-corrected chi connectivity index (χ2v) is 1.53. The molecule has 0 bridgehead atoms. The Labute approximate surface area is 82.4 Å². The summed E-state index contributed by atoms with van der Waals surface area (Å²) in [6.45, 7) is 3.53. The van der Waals surface area contributed by atoms with E-state index in [9.17, 15) is 4.79 Å². The topological polar surface area (TPSA) is 46.5 Å². The zero-order chi connectivity index (χ0) is 7.28. The molecule has 0 aliphatic rings. The summed E-state index contributed by atoms with van der Waals surface area (Å²) >= 11 is 0. The van der Waals surface area contributed by atoms with Gasteiger partial charge in [0.25, 0.3) is 0 Å². The van der Waals surface area contributed by atoms with Gasteiger partial charge in [-0.15, -0.1) is 0 Å². The van der Waals surface area contributed by atoms with Gasteiger partial charge in [0.2, 0.25) is 0 Å². The van der Waals surface area contributed by atoms with Crippen molar-refractivity contribution < 1.29 is 14.6 Å². The Morgan fingerprint density at radius 1 is 1.70 bits per heavy atom. The standard InChI is InChI=1S/C6H10O3.Na.H/c1-3-9-6(8)5(2)4-7;;/h4,7H,3H2,1-2H3;;. The Kier molecular flexibility index (Phi) is 9.02. The van der Waals surface area contributed by atoms with Gasteiger partial charge in [0.05, 0.1) is 18.4 Å². The molecule has 0 aromatic carbocycles. The van der Waals surface area contributed by atoms with E-state index in [-0.39, 0.29) is 35.1 Å². The van der Waals surface area contributed by atoms with Crippen molar-refractivity contribution in [3.8, 4) is 0 Å². The fourth-order valence-corrected chi connectivity index (χ4v) is 0.298. The Morgan fingerprint density at radius 3 is 2.50 bits per heavy atom. The van der Waals surface area contributed by atoms with Crippen LogP contribution in [0.5, 0.6) is 0 Å². The van der Waals surface area contributed by atoms with Crippen molar-refractivity contribution in [2.75, 3.05) is 6.61 Å². The number of esters is 1. The average molecular weight is 154 g/mol. The summed E-state index contributed by atoms with van der Waals surface area (Å²) in [5, 5.41) is 8.27. The van der Waals surface area contributed by atoms with E-state index >= 15 is 0 Å². The van der Waals surface area contributed by atoms with E-state index in [1.165, 1.54) is 6.92 Å². The van der Waals surface area contributed by atoms with Crippen LogP contribution in [-0.4, -0.2) is 47.2 Å². The van der Waals surface area contributed by atoms with Crippen molar-refractivity contribution in [2.24, 2.45) is 0 Å². The summed E-state index contributed by atoms with van der Waals surface area (Å²) < 4.78 is 4.53. The first kappa shape index (κ1) is 12.7. The first-order valence-corrected chi connectivity index (χ1v) is 2.70. The summed E-state index contributed by atoms with van der Waals surface area (Å²) in [7, 11) is 0. The molecule has 0 unspecified atom stereocenters. The molecule has 4 heteroatoms. The summed E-state index contributed by atoms with van der Waals surface area (Å²) in [6, 6.07) is 0. The predicted octanol–water partition coefficient (Wildman–Crippen LogP) is 0.363. The first-order chi connectivity index (χ1) is 4.22. The fraction of sp³-hybridized carbons (Fsp3) is 0.500. The molecular formula is C6H11NaO3. The van der Waals surface area contributed by atoms with Crippen LogP contribution < -0.4 is 0 Å². The number of rotatable bonds is 2. The molecule has 0 heterocycles. The van der Waals surface area contributed by atoms with Gasteiger partial charge in [0.15, 0.2) is 0 Å². The molecule has 0 radical (unpaired) electrons. The van der Waals surface area contributed by atoms with Crippen LogP contribution in [0.15, 0.2) is 11.8 Å². The summed E-state index contributed by atoms with van der Waals surface area (Å²) in [4.78, 5) is 10.5. The molecule has 0 amide bonds. The van der Waals surface area contributed by atoms with Crippen LogP contribution in [0.1, 0.15) is 13.8 Å². The SMILES string of the molecule is CCOC(=O)C(C)=CO.[NaH]. The third kappa shape index (κ3) is 4.85. The zero-order valence-corrected chi connectivity index (χ0v) is 5.55. The third-order valence-electron chi connectivity index (χ3n) is 0.791. The maximum atomic E-state index is 10.5. The van der Waals surface area contributed by atoms with Gasteiger partial charge in [0.1, 0.15) is 0 Å². The van der Waals surface area contributed by atoms with Crippen molar-refractivity contribution in [3.63, 3.8) is 0 Å². The molecule has 0 aliphatic carbocycles. The molecule has 54 valence electrons. The van der Waals surface area contributed by atoms with E-state index < -0.39 is 5.97 Å². The molecular weight excluding hydrogens is 143 g/mol. The van der Waals surface area contributed by atoms with Crippen molar-refractivity contribution in [1.29, 1.82) is 0 Å². The predicted molar refractivity (Wildman–Crippen MR) is 40.2 cm³/mol. The van der Waals surface area contributed by atoms with Gasteiger partial charge >= 0.3 is 35.5 Å². The van der Waals surface area contributed by atoms with Crippen molar-refractivity contribution >= 4 is 35.5 Å². The van der Waals surface area contributed by atoms with Crippen LogP contribution in [0.2, 0.25) is 0 Å². The second-order valence-electron chi connectivity index (χ2n) is 1.53. The Bertz CT molecular complexity index is 131. The number of ether oxygens (including phenoxy) is 1. The Hall–Kier alpha value is 0.0100. The Balaban J connectivity index is 0. The van der Waals surface area contributed by atoms with E-state index in [4.69, 9.17) is 5.11 Å². The molecule has 0 saturated heterocycles. The van der Waals surface area contributed by atoms with Crippen LogP contribution >= 0.6 is 0 Å². The molecule has 1 N–H and O–H groups in total. The van der Waals surface area contributed by atoms with Gasteiger partial charge < -0.3 is 9.84 Å². The molecule has 0 aromatic heterocycles. The summed E-state index contributed by atoms with van der Waals surface area (Å²) in [5.74, 6) is -0.472. The molecule has 0 aromatic rings. The third-order valence-corrected chi connectivity index (χ3v) is 0.791. The minimum atomic E-state index is -0.472. The number of carbonyl (C=O) groups is 1. The van der Waals surface area contributed by atoms with E-state index in [1.807, 2.05) is 0 Å². The molecule has 0 spiro atoms. The quantitative estimate of drug-likeness (QED) is 0.270. The average Bonchev–Trinajstić information content (AvgIpc) is 1.87. The van der Waals surface area contributed by atoms with Crippen LogP contribution in [0, 0.1) is 0 Å². The summed E-state index contributed by atoms with van der Waals surface area (Å²) in [6.07, 6.45) is 0.734. The van der Waals surface area contributed by atoms with Crippen LogP contribution in [0.25, 0.3) is 0 Å². The number of carbonyl (C=O) groups excluding carboxylic acids is 1. The fourth-order valence-electron chi connectivity index (χ4n) is 0.298. The van der Waals surface area contributed by atoms with Gasteiger partial charge in [-0.05, 0) is 13.8 Å². The van der Waals surface area contributed by atoms with Gasteiger partial charge in [-0.2, -0.15) is 0 Å². The molecule has 0 atom stereocenters. The molecule has 3 nitrogen and oxygen atoms in total. The van der Waals surface area contributed by atoms with Crippen LogP contribution in [0.4, 0.5) is 0 Å². The zero-order valence-electron chi connectivity index (χ0n) is 5.55. The van der Waals surface area contributed by atoms with E-state index in [0.717, 1.165) is 6.26 Å². The second kappa shape index (κ2) is 7.12. The first-order valence-electron chi connectivity index (χ1n) is 2.70. The van der Waals surface area contributed by atoms with Gasteiger partial charge in [-0.1, -0.05) is 0 Å². The van der Waals surface area contributed by atoms with E-state index in [0.29, 0.717) is 6.61 Å². The van der Waals surface area contributed by atoms with E-state index in [2.05, 4.69) is 4.74 Å². The van der Waals surface area contributed by atoms with Crippen LogP contribution in [0.3, 0.4) is 0 Å². The van der Waals surface area contributed by atoms with Gasteiger partial charge in [0, 0.05) is 0 Å². The maximum absolute atomic E-state index is 10.5.